The second-order valence-corrected chi connectivity index (χ2v) is 2.42. The van der Waals surface area contributed by atoms with E-state index in [1.807, 2.05) is 0 Å². The minimum absolute atomic E-state index is 0.0522. The number of aliphatic carboxylic acids is 1. The van der Waals surface area contributed by atoms with Gasteiger partial charge in [-0.3, -0.25) is 0 Å². The Balaban J connectivity index is 4.26. The Morgan fingerprint density at radius 1 is 1.43 bits per heavy atom. The number of carboxylic acid groups (broad SMARTS) is 1. The van der Waals surface area contributed by atoms with Crippen molar-refractivity contribution in [2.45, 2.75) is 19.3 Å². The van der Waals surface area contributed by atoms with Gasteiger partial charge >= 0.3 is 11.9 Å². The highest BCUT2D eigenvalue weighted by molar-refractivity contribution is 5.73. The van der Waals surface area contributed by atoms with Crippen molar-refractivity contribution in [1.82, 2.24) is 0 Å². The van der Waals surface area contributed by atoms with Crippen LogP contribution in [-0.2, 0) is 19.0 Å². The predicted molar refractivity (Wildman–Crippen MR) is 46.7 cm³/mol. The van der Waals surface area contributed by atoms with Crippen molar-refractivity contribution < 1.29 is 29.2 Å². The quantitative estimate of drug-likeness (QED) is 0.424. The first-order valence-corrected chi connectivity index (χ1v) is 4.30. The molecule has 0 heterocycles. The molecule has 0 spiro atoms. The van der Waals surface area contributed by atoms with Crippen LogP contribution in [-0.4, -0.2) is 49.1 Å². The molecule has 6 nitrogen and oxygen atoms in total. The maximum Gasteiger partial charge on any atom is 0.395 e. The van der Waals surface area contributed by atoms with Crippen molar-refractivity contribution in [3.05, 3.63) is 0 Å². The third-order valence-corrected chi connectivity index (χ3v) is 1.46. The lowest BCUT2D eigenvalue weighted by molar-refractivity contribution is -0.353. The van der Waals surface area contributed by atoms with Gasteiger partial charge in [0.05, 0.1) is 13.2 Å². The number of carbonyl (C=O) groups is 1. The van der Waals surface area contributed by atoms with E-state index in [1.54, 1.807) is 6.92 Å². The summed E-state index contributed by atoms with van der Waals surface area (Å²) in [4.78, 5) is 10.8. The average Bonchev–Trinajstić information content (AvgIpc) is 2.16. The molecule has 0 aliphatic rings. The van der Waals surface area contributed by atoms with Crippen LogP contribution in [0.15, 0.2) is 0 Å². The number of methoxy groups -OCH3 is 1. The van der Waals surface area contributed by atoms with Crippen LogP contribution in [0, 0.1) is 0 Å². The molecule has 0 rings (SSSR count). The summed E-state index contributed by atoms with van der Waals surface area (Å²) < 4.78 is 14.4. The van der Waals surface area contributed by atoms with Gasteiger partial charge < -0.3 is 24.4 Å². The molecule has 1 unspecified atom stereocenters. The monoisotopic (exact) mass is 208 g/mol. The highest BCUT2D eigenvalue weighted by atomic mass is 16.9. The molecule has 0 fully saturated rings. The maximum atomic E-state index is 10.8. The van der Waals surface area contributed by atoms with E-state index in [9.17, 15) is 4.79 Å². The van der Waals surface area contributed by atoms with Crippen LogP contribution in [0.1, 0.15) is 13.3 Å². The minimum Gasteiger partial charge on any atom is -0.475 e. The van der Waals surface area contributed by atoms with Gasteiger partial charge in [-0.2, -0.15) is 0 Å². The summed E-state index contributed by atoms with van der Waals surface area (Å²) in [5.41, 5.74) is 0. The third-order valence-electron chi connectivity index (χ3n) is 1.46. The number of ether oxygens (including phenoxy) is 3. The molecule has 0 radical (unpaired) electrons. The number of aliphatic hydroxyl groups is 1. The van der Waals surface area contributed by atoms with Crippen molar-refractivity contribution >= 4 is 5.97 Å². The van der Waals surface area contributed by atoms with E-state index in [-0.39, 0.29) is 19.8 Å². The van der Waals surface area contributed by atoms with Gasteiger partial charge in [-0.1, -0.05) is 0 Å². The van der Waals surface area contributed by atoms with E-state index in [1.165, 1.54) is 7.11 Å². The second kappa shape index (κ2) is 6.72. The first-order chi connectivity index (χ1) is 6.63. The molecular formula is C8H16O6. The van der Waals surface area contributed by atoms with Crippen molar-refractivity contribution in [2.75, 3.05) is 26.9 Å². The summed E-state index contributed by atoms with van der Waals surface area (Å²) >= 11 is 0. The fourth-order valence-electron chi connectivity index (χ4n) is 0.831. The summed E-state index contributed by atoms with van der Waals surface area (Å²) in [6.07, 6.45) is 0.325. The Bertz CT molecular complexity index is 171. The summed E-state index contributed by atoms with van der Waals surface area (Å²) in [6.45, 7) is 1.76. The van der Waals surface area contributed by atoms with E-state index in [0.717, 1.165) is 0 Å². The zero-order chi connectivity index (χ0) is 11.0. The van der Waals surface area contributed by atoms with E-state index >= 15 is 0 Å². The Labute approximate surface area is 82.4 Å². The van der Waals surface area contributed by atoms with Crippen molar-refractivity contribution in [3.8, 4) is 0 Å². The Morgan fingerprint density at radius 3 is 2.43 bits per heavy atom. The van der Waals surface area contributed by atoms with E-state index in [4.69, 9.17) is 19.7 Å². The molecule has 84 valence electrons. The van der Waals surface area contributed by atoms with Crippen LogP contribution in [0.5, 0.6) is 0 Å². The molecule has 2 N–H and O–H groups in total. The standard InChI is InChI=1S/C8H16O6/c1-3-13-8(12-2,7(10)11)14-6-4-5-9/h9H,3-6H2,1-2H3,(H,10,11). The first-order valence-electron chi connectivity index (χ1n) is 4.30. The van der Waals surface area contributed by atoms with E-state index in [2.05, 4.69) is 4.74 Å². The molecular weight excluding hydrogens is 192 g/mol. The maximum absolute atomic E-state index is 10.8. The van der Waals surface area contributed by atoms with Crippen molar-refractivity contribution in [2.24, 2.45) is 0 Å². The molecule has 0 saturated heterocycles. The Kier molecular flexibility index (Phi) is 6.39. The molecule has 14 heavy (non-hydrogen) atoms. The number of hydrogen-bond acceptors (Lipinski definition) is 5. The van der Waals surface area contributed by atoms with Gasteiger partial charge in [0, 0.05) is 13.7 Å². The summed E-state index contributed by atoms with van der Waals surface area (Å²) in [5.74, 6) is -3.40. The van der Waals surface area contributed by atoms with Gasteiger partial charge in [0.1, 0.15) is 0 Å². The zero-order valence-corrected chi connectivity index (χ0v) is 8.36. The number of carboxylic acids is 1. The summed E-state index contributed by atoms with van der Waals surface area (Å²) in [7, 11) is 1.18. The average molecular weight is 208 g/mol. The fourth-order valence-corrected chi connectivity index (χ4v) is 0.831. The molecule has 0 aromatic heterocycles. The number of aliphatic hydroxyl groups excluding tert-OH is 1. The van der Waals surface area contributed by atoms with Crippen molar-refractivity contribution in [3.63, 3.8) is 0 Å². The second-order valence-electron chi connectivity index (χ2n) is 2.42. The van der Waals surface area contributed by atoms with Crippen LogP contribution in [0.25, 0.3) is 0 Å². The normalized spacial score (nSPS) is 15.1. The van der Waals surface area contributed by atoms with Crippen LogP contribution >= 0.6 is 0 Å². The van der Waals surface area contributed by atoms with Crippen LogP contribution in [0.2, 0.25) is 0 Å². The summed E-state index contributed by atoms with van der Waals surface area (Å²) in [6, 6.07) is 0. The molecule has 0 aromatic carbocycles. The minimum atomic E-state index is -2.05. The van der Waals surface area contributed by atoms with Crippen LogP contribution in [0.4, 0.5) is 0 Å². The Hall–Kier alpha value is -0.690. The lowest BCUT2D eigenvalue weighted by Crippen LogP contribution is -2.46. The molecule has 0 aromatic rings. The molecule has 0 amide bonds. The largest absolute Gasteiger partial charge is 0.475 e. The third kappa shape index (κ3) is 3.59. The molecule has 0 aliphatic heterocycles. The highest BCUT2D eigenvalue weighted by Crippen LogP contribution is 2.15. The van der Waals surface area contributed by atoms with Gasteiger partial charge in [-0.15, -0.1) is 0 Å². The summed E-state index contributed by atoms with van der Waals surface area (Å²) in [5, 5.41) is 17.3. The predicted octanol–water partition coefficient (Wildman–Crippen LogP) is -0.193. The van der Waals surface area contributed by atoms with Gasteiger partial charge in [0.25, 0.3) is 0 Å². The SMILES string of the molecule is CCOC(OC)(OCCCO)C(=O)O. The topological polar surface area (TPSA) is 85.2 Å². The van der Waals surface area contributed by atoms with E-state index < -0.39 is 11.9 Å². The highest BCUT2D eigenvalue weighted by Gasteiger charge is 2.41. The lowest BCUT2D eigenvalue weighted by atomic mass is 10.5. The molecule has 0 aliphatic carbocycles. The van der Waals surface area contributed by atoms with E-state index in [0.29, 0.717) is 6.42 Å². The van der Waals surface area contributed by atoms with Crippen LogP contribution in [0.3, 0.4) is 0 Å². The van der Waals surface area contributed by atoms with Crippen molar-refractivity contribution in [1.29, 1.82) is 0 Å². The van der Waals surface area contributed by atoms with Gasteiger partial charge in [0.2, 0.25) is 0 Å². The van der Waals surface area contributed by atoms with Gasteiger partial charge in [0.15, 0.2) is 0 Å². The molecule has 1 atom stereocenters. The van der Waals surface area contributed by atoms with Gasteiger partial charge in [-0.25, -0.2) is 4.79 Å². The van der Waals surface area contributed by atoms with Crippen LogP contribution < -0.4 is 0 Å². The number of rotatable bonds is 8. The van der Waals surface area contributed by atoms with Gasteiger partial charge in [-0.05, 0) is 13.3 Å². The molecule has 0 bridgehead atoms. The lowest BCUT2D eigenvalue weighted by Gasteiger charge is -2.26. The molecule has 6 heteroatoms. The number of hydrogen-bond donors (Lipinski definition) is 2. The smallest absolute Gasteiger partial charge is 0.395 e. The first kappa shape index (κ1) is 13.3. The Morgan fingerprint density at radius 2 is 2.07 bits per heavy atom. The zero-order valence-electron chi connectivity index (χ0n) is 8.36. The molecule has 0 saturated carbocycles. The fraction of sp³-hybridized carbons (Fsp3) is 0.875.